The van der Waals surface area contributed by atoms with E-state index < -0.39 is 0 Å². The molecule has 0 saturated carbocycles. The molecule has 0 spiro atoms. The third kappa shape index (κ3) is 5.07. The van der Waals surface area contributed by atoms with Gasteiger partial charge in [-0.3, -0.25) is 0 Å². The molecule has 0 saturated heterocycles. The summed E-state index contributed by atoms with van der Waals surface area (Å²) >= 11 is 0. The lowest BCUT2D eigenvalue weighted by atomic mass is 10.1. The van der Waals surface area contributed by atoms with Gasteiger partial charge in [-0.1, -0.05) is 29.9 Å². The Hall–Kier alpha value is -1.24. The largest absolute Gasteiger partial charge is 0.399 e. The van der Waals surface area contributed by atoms with Crippen molar-refractivity contribution in [2.24, 2.45) is 5.73 Å². The number of hydrogen-bond acceptors (Lipinski definition) is 1. The monoisotopic (exact) mass is 177 g/mol. The Morgan fingerprint density at radius 3 is 2.00 bits per heavy atom. The summed E-state index contributed by atoms with van der Waals surface area (Å²) in [5.41, 5.74) is 9.85. The van der Waals surface area contributed by atoms with Gasteiger partial charge in [0.15, 0.2) is 0 Å². The van der Waals surface area contributed by atoms with Crippen LogP contribution in [0, 0.1) is 0 Å². The highest BCUT2D eigenvalue weighted by atomic mass is 14.5. The van der Waals surface area contributed by atoms with E-state index >= 15 is 0 Å². The van der Waals surface area contributed by atoms with Gasteiger partial charge >= 0.3 is 0 Å². The van der Waals surface area contributed by atoms with Crippen LogP contribution in [-0.4, -0.2) is 0 Å². The molecule has 0 amide bonds. The molecule has 13 heavy (non-hydrogen) atoms. The molecule has 0 radical (unpaired) electrons. The van der Waals surface area contributed by atoms with Gasteiger partial charge in [0.1, 0.15) is 0 Å². The SMILES string of the molecule is C=C(C)/C(C=C(C)C)=C\C(N)=C/C. The van der Waals surface area contributed by atoms with Crippen LogP contribution in [0.25, 0.3) is 0 Å². The quantitative estimate of drug-likeness (QED) is 0.657. The zero-order chi connectivity index (χ0) is 10.4. The van der Waals surface area contributed by atoms with E-state index in [4.69, 9.17) is 5.73 Å². The summed E-state index contributed by atoms with van der Waals surface area (Å²) in [6.45, 7) is 11.9. The van der Waals surface area contributed by atoms with Crippen LogP contribution < -0.4 is 5.73 Å². The van der Waals surface area contributed by atoms with Crippen LogP contribution in [0.3, 0.4) is 0 Å². The van der Waals surface area contributed by atoms with Gasteiger partial charge < -0.3 is 5.73 Å². The number of nitrogens with two attached hydrogens (primary N) is 1. The first kappa shape index (κ1) is 11.8. The normalized spacial score (nSPS) is 12.6. The molecule has 0 heterocycles. The Labute approximate surface area is 81.3 Å². The van der Waals surface area contributed by atoms with Crippen LogP contribution in [0.4, 0.5) is 0 Å². The van der Waals surface area contributed by atoms with Crippen LogP contribution in [0.5, 0.6) is 0 Å². The second-order valence-corrected chi connectivity index (χ2v) is 3.39. The predicted molar refractivity (Wildman–Crippen MR) is 60.3 cm³/mol. The summed E-state index contributed by atoms with van der Waals surface area (Å²) in [5.74, 6) is 0. The molecule has 1 heteroatoms. The molecule has 1 nitrogen and oxygen atoms in total. The minimum Gasteiger partial charge on any atom is -0.399 e. The molecule has 0 aliphatic carbocycles. The Balaban J connectivity index is 4.93. The van der Waals surface area contributed by atoms with Crippen LogP contribution in [0.1, 0.15) is 27.7 Å². The first-order chi connectivity index (χ1) is 5.97. The molecule has 0 fully saturated rings. The second-order valence-electron chi connectivity index (χ2n) is 3.39. The fraction of sp³-hybridized carbons (Fsp3) is 0.333. The summed E-state index contributed by atoms with van der Waals surface area (Å²) in [7, 11) is 0. The van der Waals surface area contributed by atoms with E-state index in [1.54, 1.807) is 0 Å². The zero-order valence-corrected chi connectivity index (χ0v) is 9.02. The Morgan fingerprint density at radius 2 is 1.69 bits per heavy atom. The zero-order valence-electron chi connectivity index (χ0n) is 9.02. The van der Waals surface area contributed by atoms with Crippen molar-refractivity contribution < 1.29 is 0 Å². The highest BCUT2D eigenvalue weighted by Gasteiger charge is 1.94. The molecular formula is C12H19N. The Bertz CT molecular complexity index is 273. The smallest absolute Gasteiger partial charge is 0.0276 e. The van der Waals surface area contributed by atoms with Crippen molar-refractivity contribution in [2.75, 3.05) is 0 Å². The van der Waals surface area contributed by atoms with Crippen LogP contribution >= 0.6 is 0 Å². The van der Waals surface area contributed by atoms with Gasteiger partial charge in [-0.2, -0.15) is 0 Å². The maximum atomic E-state index is 5.70. The van der Waals surface area contributed by atoms with Gasteiger partial charge in [-0.05, 0) is 39.3 Å². The molecule has 0 atom stereocenters. The van der Waals surface area contributed by atoms with E-state index in [-0.39, 0.29) is 0 Å². The topological polar surface area (TPSA) is 26.0 Å². The summed E-state index contributed by atoms with van der Waals surface area (Å²) < 4.78 is 0. The molecule has 2 N–H and O–H groups in total. The highest BCUT2D eigenvalue weighted by Crippen LogP contribution is 2.12. The van der Waals surface area contributed by atoms with Crippen molar-refractivity contribution in [1.82, 2.24) is 0 Å². The van der Waals surface area contributed by atoms with Gasteiger partial charge in [0.2, 0.25) is 0 Å². The number of allylic oxidation sites excluding steroid dienone is 6. The molecule has 0 bridgehead atoms. The fourth-order valence-electron chi connectivity index (χ4n) is 0.862. The van der Waals surface area contributed by atoms with Crippen molar-refractivity contribution in [3.8, 4) is 0 Å². The first-order valence-corrected chi connectivity index (χ1v) is 4.41. The first-order valence-electron chi connectivity index (χ1n) is 4.41. The average molecular weight is 177 g/mol. The molecule has 0 aromatic rings. The lowest BCUT2D eigenvalue weighted by Crippen LogP contribution is -1.94. The van der Waals surface area contributed by atoms with Crippen molar-refractivity contribution in [2.45, 2.75) is 27.7 Å². The predicted octanol–water partition coefficient (Wildman–Crippen LogP) is 3.32. The van der Waals surface area contributed by atoms with Crippen LogP contribution in [0.2, 0.25) is 0 Å². The molecule has 0 aromatic carbocycles. The van der Waals surface area contributed by atoms with Gasteiger partial charge in [-0.25, -0.2) is 0 Å². The molecule has 0 rings (SSSR count). The standard InChI is InChI=1S/C12H19N/c1-6-12(13)8-11(10(4)5)7-9(2)3/h6-8H,4,13H2,1-3,5H3/b11-8-,12-6+. The van der Waals surface area contributed by atoms with Gasteiger partial charge in [0.25, 0.3) is 0 Å². The van der Waals surface area contributed by atoms with Gasteiger partial charge in [0, 0.05) is 5.70 Å². The summed E-state index contributed by atoms with van der Waals surface area (Å²) in [6, 6.07) is 0. The van der Waals surface area contributed by atoms with Crippen molar-refractivity contribution in [3.05, 3.63) is 47.2 Å². The summed E-state index contributed by atoms with van der Waals surface area (Å²) in [4.78, 5) is 0. The minimum absolute atomic E-state index is 0.774. The van der Waals surface area contributed by atoms with E-state index in [0.717, 1.165) is 16.8 Å². The fourth-order valence-corrected chi connectivity index (χ4v) is 0.862. The van der Waals surface area contributed by atoms with Crippen LogP contribution in [-0.2, 0) is 0 Å². The summed E-state index contributed by atoms with van der Waals surface area (Å²) in [6.07, 6.45) is 5.90. The summed E-state index contributed by atoms with van der Waals surface area (Å²) in [5, 5.41) is 0. The van der Waals surface area contributed by atoms with Gasteiger partial charge in [-0.15, -0.1) is 0 Å². The minimum atomic E-state index is 0.774. The third-order valence-electron chi connectivity index (χ3n) is 1.59. The second kappa shape index (κ2) is 5.41. The maximum absolute atomic E-state index is 5.70. The molecule has 0 aliphatic rings. The Morgan fingerprint density at radius 1 is 1.15 bits per heavy atom. The van der Waals surface area contributed by atoms with E-state index in [1.807, 2.05) is 26.0 Å². The molecular weight excluding hydrogens is 158 g/mol. The highest BCUT2D eigenvalue weighted by molar-refractivity contribution is 5.42. The molecule has 0 aromatic heterocycles. The van der Waals surface area contributed by atoms with Crippen molar-refractivity contribution >= 4 is 0 Å². The van der Waals surface area contributed by atoms with E-state index in [2.05, 4.69) is 26.5 Å². The maximum Gasteiger partial charge on any atom is 0.0276 e. The molecule has 0 aliphatic heterocycles. The number of rotatable bonds is 3. The van der Waals surface area contributed by atoms with Crippen molar-refractivity contribution in [3.63, 3.8) is 0 Å². The average Bonchev–Trinajstić information content (AvgIpc) is 2.02. The molecule has 0 unspecified atom stereocenters. The Kier molecular flexibility index (Phi) is 4.90. The third-order valence-corrected chi connectivity index (χ3v) is 1.59. The van der Waals surface area contributed by atoms with E-state index in [0.29, 0.717) is 0 Å². The van der Waals surface area contributed by atoms with Gasteiger partial charge in [0.05, 0.1) is 0 Å². The number of hydrogen-bond donors (Lipinski definition) is 1. The van der Waals surface area contributed by atoms with Crippen molar-refractivity contribution in [1.29, 1.82) is 0 Å². The molecule has 72 valence electrons. The van der Waals surface area contributed by atoms with E-state index in [1.165, 1.54) is 5.57 Å². The van der Waals surface area contributed by atoms with E-state index in [9.17, 15) is 0 Å². The lowest BCUT2D eigenvalue weighted by molar-refractivity contribution is 1.31. The van der Waals surface area contributed by atoms with Crippen LogP contribution in [0.15, 0.2) is 47.2 Å². The lowest BCUT2D eigenvalue weighted by Gasteiger charge is -2.02.